The van der Waals surface area contributed by atoms with Crippen LogP contribution in [0.15, 0.2) is 46.2 Å². The number of hydrogen-bond acceptors (Lipinski definition) is 9. The lowest BCUT2D eigenvalue weighted by atomic mass is 10.0. The maximum Gasteiger partial charge on any atom is 0.333 e. The number of nitrogens with one attached hydrogen (secondary N) is 1. The maximum atomic E-state index is 13.9. The number of benzene rings is 1. The fourth-order valence-electron chi connectivity index (χ4n) is 4.31. The molecule has 0 unspecified atom stereocenters. The largest absolute Gasteiger partial charge is 0.496 e. The molecule has 13 heteroatoms. The van der Waals surface area contributed by atoms with Crippen molar-refractivity contribution in [1.82, 2.24) is 29.4 Å². The minimum atomic E-state index is -1.42. The van der Waals surface area contributed by atoms with Crippen molar-refractivity contribution < 1.29 is 19.4 Å². The van der Waals surface area contributed by atoms with Gasteiger partial charge in [-0.1, -0.05) is 29.5 Å². The number of carbonyl (C=O) groups is 1. The second-order valence-electron chi connectivity index (χ2n) is 10.1. The van der Waals surface area contributed by atoms with Crippen LogP contribution in [0, 0.1) is 6.92 Å². The smallest absolute Gasteiger partial charge is 0.333 e. The van der Waals surface area contributed by atoms with Gasteiger partial charge in [-0.2, -0.15) is 10.2 Å². The molecule has 0 radical (unpaired) electrons. The topological polar surface area (TPSA) is 142 Å². The lowest BCUT2D eigenvalue weighted by molar-refractivity contribution is -0.129. The summed E-state index contributed by atoms with van der Waals surface area (Å²) in [5.74, 6) is 0.310. The molecule has 12 nitrogen and oxygen atoms in total. The molecule has 1 aromatic carbocycles. The Morgan fingerprint density at radius 2 is 1.80 bits per heavy atom. The maximum absolute atomic E-state index is 13.9. The van der Waals surface area contributed by atoms with E-state index in [9.17, 15) is 14.4 Å². The number of para-hydroxylation sites is 1. The summed E-state index contributed by atoms with van der Waals surface area (Å²) >= 11 is 1.28. The molecule has 3 aromatic heterocycles. The van der Waals surface area contributed by atoms with Crippen molar-refractivity contribution in [3.8, 4) is 10.8 Å². The standard InChI is InChI=1S/C25H30N6O4S.C3H8O2/c1-15(2)28-23(33)25(4,5)30-20(32)19-16(3)21(31-26-12-13-27-31)36-22(19)29(24(30)34)14-11-17-9-7-8-10-18(17)35-6;1-5-3-2-4/h7-10,12-13,15H,11,14H2,1-6H3,(H,28,33);4H,2-3H2,1H3. The number of thiophene rings is 1. The Hall–Kier alpha value is -3.81. The predicted octanol–water partition coefficient (Wildman–Crippen LogP) is 2.25. The molecule has 0 fully saturated rings. The monoisotopic (exact) mass is 586 g/mol. The molecule has 0 saturated heterocycles. The summed E-state index contributed by atoms with van der Waals surface area (Å²) in [7, 11) is 3.15. The minimum Gasteiger partial charge on any atom is -0.496 e. The summed E-state index contributed by atoms with van der Waals surface area (Å²) in [6.45, 7) is 9.48. The van der Waals surface area contributed by atoms with Crippen LogP contribution in [0.3, 0.4) is 0 Å². The molecule has 0 atom stereocenters. The summed E-state index contributed by atoms with van der Waals surface area (Å²) in [4.78, 5) is 42.8. The number of nitrogens with zero attached hydrogens (tertiary/aromatic N) is 5. The Morgan fingerprint density at radius 1 is 1.15 bits per heavy atom. The van der Waals surface area contributed by atoms with E-state index in [1.165, 1.54) is 16.1 Å². The van der Waals surface area contributed by atoms with Gasteiger partial charge in [0.25, 0.3) is 5.56 Å². The van der Waals surface area contributed by atoms with E-state index in [-0.39, 0.29) is 19.2 Å². The molecule has 0 aliphatic rings. The Kier molecular flexibility index (Phi) is 10.6. The minimum absolute atomic E-state index is 0.122. The number of rotatable bonds is 10. The molecular weight excluding hydrogens is 548 g/mol. The highest BCUT2D eigenvalue weighted by molar-refractivity contribution is 7.21. The molecule has 222 valence electrons. The van der Waals surface area contributed by atoms with Gasteiger partial charge in [-0.15, -0.1) is 4.80 Å². The third-order valence-electron chi connectivity index (χ3n) is 6.41. The van der Waals surface area contributed by atoms with Crippen LogP contribution in [0.2, 0.25) is 0 Å². The number of aromatic nitrogens is 5. The highest BCUT2D eigenvalue weighted by Crippen LogP contribution is 2.31. The van der Waals surface area contributed by atoms with E-state index in [0.717, 1.165) is 15.9 Å². The second kappa shape index (κ2) is 13.7. The summed E-state index contributed by atoms with van der Waals surface area (Å²) in [6.07, 6.45) is 3.59. The lowest BCUT2D eigenvalue weighted by Gasteiger charge is -2.27. The Labute approximate surface area is 242 Å². The zero-order valence-electron chi connectivity index (χ0n) is 24.5. The van der Waals surface area contributed by atoms with Gasteiger partial charge in [-0.25, -0.2) is 9.36 Å². The first-order valence-corrected chi connectivity index (χ1v) is 14.0. The van der Waals surface area contributed by atoms with Crippen LogP contribution in [0.1, 0.15) is 38.8 Å². The molecule has 0 saturated carbocycles. The van der Waals surface area contributed by atoms with Crippen LogP contribution in [0.25, 0.3) is 15.2 Å². The van der Waals surface area contributed by atoms with Crippen molar-refractivity contribution in [3.05, 3.63) is 68.6 Å². The van der Waals surface area contributed by atoms with Crippen LogP contribution in [0.4, 0.5) is 0 Å². The highest BCUT2D eigenvalue weighted by Gasteiger charge is 2.35. The number of aryl methyl sites for hydroxylation is 3. The van der Waals surface area contributed by atoms with Crippen LogP contribution < -0.4 is 21.3 Å². The normalized spacial score (nSPS) is 11.4. The summed E-state index contributed by atoms with van der Waals surface area (Å²) in [5.41, 5.74) is -0.905. The average molecular weight is 587 g/mol. The molecule has 0 aliphatic heterocycles. The molecule has 0 spiro atoms. The van der Waals surface area contributed by atoms with Crippen LogP contribution in [-0.4, -0.2) is 68.6 Å². The van der Waals surface area contributed by atoms with Crippen LogP contribution in [0.5, 0.6) is 5.75 Å². The Morgan fingerprint density at radius 3 is 2.37 bits per heavy atom. The number of fused-ring (bicyclic) bond motifs is 1. The number of ether oxygens (including phenoxy) is 2. The number of carbonyl (C=O) groups excluding carboxylic acids is 1. The molecular formula is C28H38N6O6S. The van der Waals surface area contributed by atoms with Gasteiger partial charge in [0.1, 0.15) is 21.1 Å². The van der Waals surface area contributed by atoms with Gasteiger partial charge < -0.3 is 19.9 Å². The first-order chi connectivity index (χ1) is 19.5. The molecule has 2 N–H and O–H groups in total. The molecule has 41 heavy (non-hydrogen) atoms. The first-order valence-electron chi connectivity index (χ1n) is 13.2. The van der Waals surface area contributed by atoms with Crippen molar-refractivity contribution in [3.63, 3.8) is 0 Å². The number of aliphatic hydroxyl groups is 1. The van der Waals surface area contributed by atoms with Crippen molar-refractivity contribution in [2.75, 3.05) is 27.4 Å². The van der Waals surface area contributed by atoms with E-state index in [0.29, 0.717) is 33.8 Å². The van der Waals surface area contributed by atoms with Crippen molar-refractivity contribution >= 4 is 27.5 Å². The number of methoxy groups -OCH3 is 2. The number of aliphatic hydroxyl groups excluding tert-OH is 1. The molecule has 0 aliphatic carbocycles. The van der Waals surface area contributed by atoms with Crippen LogP contribution in [-0.2, 0) is 28.0 Å². The van der Waals surface area contributed by atoms with Gasteiger partial charge in [-0.3, -0.25) is 14.2 Å². The summed E-state index contributed by atoms with van der Waals surface area (Å²) < 4.78 is 12.5. The summed E-state index contributed by atoms with van der Waals surface area (Å²) in [6, 6.07) is 7.45. The quantitative estimate of drug-likeness (QED) is 0.288. The SMILES string of the molecule is COCCO.COc1ccccc1CCn1c(=O)n(C(C)(C)C(=O)NC(C)C)c(=O)c2c(C)c(-n3nccn3)sc21. The van der Waals surface area contributed by atoms with E-state index in [2.05, 4.69) is 20.3 Å². The van der Waals surface area contributed by atoms with E-state index >= 15 is 0 Å². The van der Waals surface area contributed by atoms with Gasteiger partial charge in [0.05, 0.1) is 38.1 Å². The molecule has 0 bridgehead atoms. The predicted molar refractivity (Wildman–Crippen MR) is 158 cm³/mol. The fourth-order valence-corrected chi connectivity index (χ4v) is 5.55. The third-order valence-corrected chi connectivity index (χ3v) is 7.70. The molecule has 1 amide bonds. The zero-order valence-corrected chi connectivity index (χ0v) is 25.3. The van der Waals surface area contributed by atoms with E-state index in [4.69, 9.17) is 9.84 Å². The van der Waals surface area contributed by atoms with E-state index in [1.807, 2.05) is 38.1 Å². The molecule has 3 heterocycles. The van der Waals surface area contributed by atoms with Gasteiger partial charge in [0, 0.05) is 25.3 Å². The first kappa shape index (κ1) is 31.7. The van der Waals surface area contributed by atoms with Gasteiger partial charge in [-0.05, 0) is 52.7 Å². The molecule has 4 rings (SSSR count). The zero-order chi connectivity index (χ0) is 30.3. The van der Waals surface area contributed by atoms with Gasteiger partial charge in [0.2, 0.25) is 5.91 Å². The van der Waals surface area contributed by atoms with Crippen molar-refractivity contribution in [2.45, 2.75) is 59.2 Å². The Bertz CT molecular complexity index is 1580. The lowest BCUT2D eigenvalue weighted by Crippen LogP contribution is -2.56. The van der Waals surface area contributed by atoms with Crippen LogP contribution >= 0.6 is 11.3 Å². The van der Waals surface area contributed by atoms with Crippen molar-refractivity contribution in [2.24, 2.45) is 0 Å². The second-order valence-corrected chi connectivity index (χ2v) is 11.0. The van der Waals surface area contributed by atoms with Gasteiger partial charge in [0.15, 0.2) is 0 Å². The van der Waals surface area contributed by atoms with E-state index in [1.54, 1.807) is 52.0 Å². The number of hydrogen-bond donors (Lipinski definition) is 2. The summed E-state index contributed by atoms with van der Waals surface area (Å²) in [5, 5.41) is 20.2. The Balaban J connectivity index is 0.000000850. The average Bonchev–Trinajstić information content (AvgIpc) is 3.57. The fraction of sp³-hybridized carbons (Fsp3) is 0.464. The third kappa shape index (κ3) is 6.75. The van der Waals surface area contributed by atoms with Crippen molar-refractivity contribution in [1.29, 1.82) is 0 Å². The number of amides is 1. The van der Waals surface area contributed by atoms with E-state index < -0.39 is 22.7 Å². The molecule has 4 aromatic rings. The van der Waals surface area contributed by atoms with Gasteiger partial charge >= 0.3 is 5.69 Å². The highest BCUT2D eigenvalue weighted by atomic mass is 32.1.